The van der Waals surface area contributed by atoms with E-state index in [0.717, 1.165) is 57.2 Å². The fourth-order valence-corrected chi connectivity index (χ4v) is 4.52. The highest BCUT2D eigenvalue weighted by Crippen LogP contribution is 2.38. The zero-order chi connectivity index (χ0) is 24.6. The van der Waals surface area contributed by atoms with Gasteiger partial charge in [-0.25, -0.2) is 4.79 Å². The Labute approximate surface area is 218 Å². The van der Waals surface area contributed by atoms with Crippen LogP contribution in [0.1, 0.15) is 16.8 Å². The van der Waals surface area contributed by atoms with E-state index >= 15 is 0 Å². The molecule has 1 unspecified atom stereocenters. The number of piperazine rings is 1. The van der Waals surface area contributed by atoms with Crippen molar-refractivity contribution in [3.8, 4) is 28.7 Å². The molecule has 1 saturated heterocycles. The number of carbonyl (C=O) groups excluding carboxylic acids is 1. The second-order valence-electron chi connectivity index (χ2n) is 8.70. The van der Waals surface area contributed by atoms with Crippen molar-refractivity contribution in [1.29, 1.82) is 0 Å². The molecule has 1 atom stereocenters. The first-order valence-electron chi connectivity index (χ1n) is 12.0. The Morgan fingerprint density at radius 3 is 2.33 bits per heavy atom. The van der Waals surface area contributed by atoms with E-state index in [2.05, 4.69) is 4.90 Å². The largest absolute Gasteiger partial charge is 1.00 e. The molecule has 4 rings (SSSR count). The van der Waals surface area contributed by atoms with Gasteiger partial charge in [-0.05, 0) is 30.7 Å². The number of benzene rings is 2. The lowest BCUT2D eigenvalue weighted by Gasteiger charge is -2.35. The second kappa shape index (κ2) is 13.4. The summed E-state index contributed by atoms with van der Waals surface area (Å²) in [6.45, 7) is 6.94. The second-order valence-corrected chi connectivity index (χ2v) is 8.70. The van der Waals surface area contributed by atoms with Crippen molar-refractivity contribution in [3.63, 3.8) is 0 Å². The number of carbonyl (C=O) groups is 1. The third-order valence-electron chi connectivity index (χ3n) is 6.40. The average molecular weight is 523 g/mol. The topological polar surface area (TPSA) is 80.1 Å². The van der Waals surface area contributed by atoms with Crippen molar-refractivity contribution in [2.24, 2.45) is 0 Å². The van der Waals surface area contributed by atoms with E-state index < -0.39 is 5.97 Å². The number of para-hydroxylation sites is 2. The van der Waals surface area contributed by atoms with Gasteiger partial charge in [0.25, 0.3) is 0 Å². The molecule has 0 spiro atoms. The molecule has 2 aromatic carbocycles. The minimum atomic E-state index is -0.408. The van der Waals surface area contributed by atoms with Crippen molar-refractivity contribution < 1.29 is 50.5 Å². The fourth-order valence-electron chi connectivity index (χ4n) is 4.52. The zero-order valence-corrected chi connectivity index (χ0v) is 21.8. The Kier molecular flexibility index (Phi) is 10.3. The Morgan fingerprint density at radius 2 is 1.69 bits per heavy atom. The van der Waals surface area contributed by atoms with E-state index in [0.29, 0.717) is 36.0 Å². The Balaban J connectivity index is 0.00000361. The third-order valence-corrected chi connectivity index (χ3v) is 6.40. The maximum atomic E-state index is 12.5. The van der Waals surface area contributed by atoms with Crippen LogP contribution in [0.3, 0.4) is 0 Å². The van der Waals surface area contributed by atoms with Crippen LogP contribution < -0.4 is 41.0 Å². The van der Waals surface area contributed by atoms with Crippen LogP contribution in [0.2, 0.25) is 0 Å². The Bertz CT molecular complexity index is 973. The standard InChI is InChI=1S/C26H34N2O7.ClH/c1-30-23-15-19(16-24(31-2)25(23)32-3)26(29)33-14-6-9-27-10-12-28(13-11-27)17-20-18-34-21-7-4-5-8-22(21)35-20;/h4-5,7-8,15-16,20H,6,9-14,17-18H2,1-3H3;1H. The molecule has 2 aliphatic heterocycles. The number of methoxy groups -OCH3 is 3. The SMILES string of the molecule is COc1cc(C(=O)OCCCN2CC[NH+](CC3COc4ccccc4O3)CC2)cc(OC)c1OC.[Cl-]. The summed E-state index contributed by atoms with van der Waals surface area (Å²) in [5.41, 5.74) is 0.369. The van der Waals surface area contributed by atoms with Gasteiger partial charge in [0.05, 0.1) is 46.6 Å². The summed E-state index contributed by atoms with van der Waals surface area (Å²) < 4.78 is 33.4. The fraction of sp³-hybridized carbons (Fsp3) is 0.500. The molecule has 10 heteroatoms. The van der Waals surface area contributed by atoms with Gasteiger partial charge in [0, 0.05) is 19.6 Å². The molecule has 0 radical (unpaired) electrons. The summed E-state index contributed by atoms with van der Waals surface area (Å²) >= 11 is 0. The van der Waals surface area contributed by atoms with E-state index in [1.807, 2.05) is 24.3 Å². The molecule has 0 aromatic heterocycles. The number of quaternary nitrogens is 1. The van der Waals surface area contributed by atoms with Gasteiger partial charge in [0.2, 0.25) is 5.75 Å². The van der Waals surface area contributed by atoms with Gasteiger partial charge in [-0.3, -0.25) is 4.90 Å². The first-order chi connectivity index (χ1) is 17.1. The molecule has 0 aliphatic carbocycles. The van der Waals surface area contributed by atoms with Crippen molar-refractivity contribution in [2.45, 2.75) is 12.5 Å². The minimum Gasteiger partial charge on any atom is -1.00 e. The highest BCUT2D eigenvalue weighted by atomic mass is 35.5. The van der Waals surface area contributed by atoms with Crippen LogP contribution in [0.5, 0.6) is 28.7 Å². The maximum Gasteiger partial charge on any atom is 0.338 e. The van der Waals surface area contributed by atoms with Crippen molar-refractivity contribution in [2.75, 3.05) is 73.8 Å². The molecule has 2 aromatic rings. The Hall–Kier alpha value is -2.88. The first kappa shape index (κ1) is 27.7. The molecule has 2 aliphatic rings. The number of nitrogens with zero attached hydrogens (tertiary/aromatic N) is 1. The quantitative estimate of drug-likeness (QED) is 0.292. The summed E-state index contributed by atoms with van der Waals surface area (Å²) in [4.78, 5) is 16.5. The monoisotopic (exact) mass is 522 g/mol. The molecular weight excluding hydrogens is 488 g/mol. The zero-order valence-electron chi connectivity index (χ0n) is 21.1. The minimum absolute atomic E-state index is 0. The molecule has 2 heterocycles. The van der Waals surface area contributed by atoms with Gasteiger partial charge in [0.1, 0.15) is 13.2 Å². The maximum absolute atomic E-state index is 12.5. The van der Waals surface area contributed by atoms with Crippen LogP contribution in [-0.4, -0.2) is 90.8 Å². The molecule has 1 N–H and O–H groups in total. The van der Waals surface area contributed by atoms with Crippen LogP contribution in [0.25, 0.3) is 0 Å². The number of rotatable bonds is 10. The molecule has 36 heavy (non-hydrogen) atoms. The van der Waals surface area contributed by atoms with Gasteiger partial charge < -0.3 is 45.7 Å². The van der Waals surface area contributed by atoms with Crippen molar-refractivity contribution in [1.82, 2.24) is 4.90 Å². The predicted octanol–water partition coefficient (Wildman–Crippen LogP) is -1.70. The van der Waals surface area contributed by atoms with Crippen LogP contribution in [0.15, 0.2) is 36.4 Å². The molecule has 198 valence electrons. The highest BCUT2D eigenvalue weighted by Gasteiger charge is 2.28. The molecule has 0 bridgehead atoms. The molecule has 1 fully saturated rings. The number of hydrogen-bond acceptors (Lipinski definition) is 8. The van der Waals surface area contributed by atoms with E-state index in [1.54, 1.807) is 12.1 Å². The lowest BCUT2D eigenvalue weighted by Crippen LogP contribution is -3.16. The first-order valence-corrected chi connectivity index (χ1v) is 12.0. The Morgan fingerprint density at radius 1 is 1.03 bits per heavy atom. The molecule has 9 nitrogen and oxygen atoms in total. The number of fused-ring (bicyclic) bond motifs is 1. The summed E-state index contributed by atoms with van der Waals surface area (Å²) in [6.07, 6.45) is 0.864. The smallest absolute Gasteiger partial charge is 0.338 e. The van der Waals surface area contributed by atoms with E-state index in [-0.39, 0.29) is 18.5 Å². The number of halogens is 1. The van der Waals surface area contributed by atoms with Gasteiger partial charge in [-0.1, -0.05) is 12.1 Å². The predicted molar refractivity (Wildman–Crippen MR) is 129 cm³/mol. The van der Waals surface area contributed by atoms with Crippen LogP contribution in [-0.2, 0) is 4.74 Å². The van der Waals surface area contributed by atoms with Gasteiger partial charge in [0.15, 0.2) is 29.1 Å². The lowest BCUT2D eigenvalue weighted by atomic mass is 10.2. The summed E-state index contributed by atoms with van der Waals surface area (Å²) in [5.74, 6) is 2.55. The average Bonchev–Trinajstić information content (AvgIpc) is 2.90. The van der Waals surface area contributed by atoms with Crippen molar-refractivity contribution >= 4 is 5.97 Å². The number of nitrogens with one attached hydrogen (secondary N) is 1. The van der Waals surface area contributed by atoms with Crippen LogP contribution in [0, 0.1) is 0 Å². The normalized spacial score (nSPS) is 17.6. The van der Waals surface area contributed by atoms with Gasteiger partial charge in [-0.15, -0.1) is 0 Å². The van der Waals surface area contributed by atoms with E-state index in [4.69, 9.17) is 28.4 Å². The summed E-state index contributed by atoms with van der Waals surface area (Å²) in [5, 5.41) is 0. The third kappa shape index (κ3) is 6.87. The lowest BCUT2D eigenvalue weighted by molar-refractivity contribution is -0.907. The van der Waals surface area contributed by atoms with Gasteiger partial charge in [-0.2, -0.15) is 0 Å². The molecular formula is C26H35ClN2O7. The number of hydrogen-bond donors (Lipinski definition) is 1. The van der Waals surface area contributed by atoms with Crippen molar-refractivity contribution in [3.05, 3.63) is 42.0 Å². The van der Waals surface area contributed by atoms with Gasteiger partial charge >= 0.3 is 5.97 Å². The number of ether oxygens (including phenoxy) is 6. The van der Waals surface area contributed by atoms with Crippen LogP contribution in [0.4, 0.5) is 0 Å². The number of esters is 1. The van der Waals surface area contributed by atoms with E-state index in [1.165, 1.54) is 26.2 Å². The van der Waals surface area contributed by atoms with E-state index in [9.17, 15) is 4.79 Å². The van der Waals surface area contributed by atoms with Crippen LogP contribution >= 0.6 is 0 Å². The molecule has 0 amide bonds. The molecule has 0 saturated carbocycles. The summed E-state index contributed by atoms with van der Waals surface area (Å²) in [6, 6.07) is 11.0. The highest BCUT2D eigenvalue weighted by molar-refractivity contribution is 5.91. The summed E-state index contributed by atoms with van der Waals surface area (Å²) in [7, 11) is 4.56.